The molecular formula is C22H25F3N4O3. The van der Waals surface area contributed by atoms with Gasteiger partial charge in [0.05, 0.1) is 18.8 Å². The molecule has 0 aliphatic carbocycles. The predicted octanol–water partition coefficient (Wildman–Crippen LogP) is 3.37. The summed E-state index contributed by atoms with van der Waals surface area (Å²) in [6.07, 6.45) is -4.60. The SMILES string of the molecule is O=C(CCNC(=O)Nc1ccccc1)NCc1ccc(N2CCOCC2)cc1C(F)(F)F. The highest BCUT2D eigenvalue weighted by Crippen LogP contribution is 2.35. The third-order valence-corrected chi connectivity index (χ3v) is 4.92. The van der Waals surface area contributed by atoms with E-state index in [-0.39, 0.29) is 25.1 Å². The van der Waals surface area contributed by atoms with Crippen LogP contribution in [0.5, 0.6) is 0 Å². The summed E-state index contributed by atoms with van der Waals surface area (Å²) < 4.78 is 46.0. The van der Waals surface area contributed by atoms with Gasteiger partial charge in [-0.15, -0.1) is 0 Å². The zero-order chi connectivity index (χ0) is 23.0. The molecule has 0 saturated carbocycles. The molecule has 0 radical (unpaired) electrons. The number of urea groups is 1. The van der Waals surface area contributed by atoms with Gasteiger partial charge in [-0.1, -0.05) is 24.3 Å². The Hall–Kier alpha value is -3.27. The Bertz CT molecular complexity index is 916. The highest BCUT2D eigenvalue weighted by molar-refractivity contribution is 5.89. The van der Waals surface area contributed by atoms with Gasteiger partial charge in [0.15, 0.2) is 0 Å². The minimum absolute atomic E-state index is 0.0161. The van der Waals surface area contributed by atoms with Crippen LogP contribution >= 0.6 is 0 Å². The first-order valence-corrected chi connectivity index (χ1v) is 10.2. The number of carbonyl (C=O) groups is 2. The van der Waals surface area contributed by atoms with Crippen LogP contribution in [-0.4, -0.2) is 44.8 Å². The molecule has 0 bridgehead atoms. The molecular weight excluding hydrogens is 425 g/mol. The van der Waals surface area contributed by atoms with Gasteiger partial charge in [-0.3, -0.25) is 4.79 Å². The molecule has 2 aromatic rings. The largest absolute Gasteiger partial charge is 0.416 e. The van der Waals surface area contributed by atoms with Crippen LogP contribution in [0.1, 0.15) is 17.5 Å². The molecule has 0 spiro atoms. The van der Waals surface area contributed by atoms with Gasteiger partial charge < -0.3 is 25.6 Å². The zero-order valence-electron chi connectivity index (χ0n) is 17.4. The monoisotopic (exact) mass is 450 g/mol. The lowest BCUT2D eigenvalue weighted by Gasteiger charge is -2.29. The lowest BCUT2D eigenvalue weighted by molar-refractivity contribution is -0.138. The zero-order valence-corrected chi connectivity index (χ0v) is 17.4. The van der Waals surface area contributed by atoms with Crippen molar-refractivity contribution >= 4 is 23.3 Å². The van der Waals surface area contributed by atoms with Crippen LogP contribution in [0.4, 0.5) is 29.3 Å². The van der Waals surface area contributed by atoms with Crippen molar-refractivity contribution in [2.45, 2.75) is 19.1 Å². The van der Waals surface area contributed by atoms with Crippen molar-refractivity contribution < 1.29 is 27.5 Å². The number of nitrogens with zero attached hydrogens (tertiary/aromatic N) is 1. The maximum absolute atomic E-state index is 13.6. The quantitative estimate of drug-likeness (QED) is 0.604. The van der Waals surface area contributed by atoms with E-state index in [1.807, 2.05) is 11.0 Å². The molecule has 1 aliphatic heterocycles. The summed E-state index contributed by atoms with van der Waals surface area (Å²) in [7, 11) is 0. The number of benzene rings is 2. The first kappa shape index (κ1) is 23.4. The van der Waals surface area contributed by atoms with Crippen molar-refractivity contribution in [3.8, 4) is 0 Å². The highest BCUT2D eigenvalue weighted by atomic mass is 19.4. The first-order chi connectivity index (χ1) is 15.3. The molecule has 1 heterocycles. The minimum atomic E-state index is -4.54. The molecule has 3 N–H and O–H groups in total. The molecule has 7 nitrogen and oxygen atoms in total. The van der Waals surface area contributed by atoms with E-state index >= 15 is 0 Å². The number of anilines is 2. The Morgan fingerprint density at radius 1 is 1.00 bits per heavy atom. The smallest absolute Gasteiger partial charge is 0.378 e. The summed E-state index contributed by atoms with van der Waals surface area (Å²) in [5.41, 5.74) is 0.291. The topological polar surface area (TPSA) is 82.7 Å². The second-order valence-corrected chi connectivity index (χ2v) is 7.21. The summed E-state index contributed by atoms with van der Waals surface area (Å²) in [5, 5.41) is 7.63. The highest BCUT2D eigenvalue weighted by Gasteiger charge is 2.34. The van der Waals surface area contributed by atoms with Gasteiger partial charge in [0.1, 0.15) is 0 Å². The second-order valence-electron chi connectivity index (χ2n) is 7.21. The summed E-state index contributed by atoms with van der Waals surface area (Å²) in [6.45, 7) is 1.78. The fourth-order valence-corrected chi connectivity index (χ4v) is 3.27. The van der Waals surface area contributed by atoms with Crippen molar-refractivity contribution in [1.82, 2.24) is 10.6 Å². The molecule has 3 amide bonds. The molecule has 0 atom stereocenters. The number of halogens is 3. The third-order valence-electron chi connectivity index (χ3n) is 4.92. The lowest BCUT2D eigenvalue weighted by atomic mass is 10.0. The number of amides is 3. The molecule has 172 valence electrons. The number of hydrogen-bond acceptors (Lipinski definition) is 4. The van der Waals surface area contributed by atoms with Crippen LogP contribution < -0.4 is 20.9 Å². The number of nitrogens with one attached hydrogen (secondary N) is 3. The Labute approximate surface area is 183 Å². The number of alkyl halides is 3. The number of ether oxygens (including phenoxy) is 1. The van der Waals surface area contributed by atoms with E-state index in [1.165, 1.54) is 6.07 Å². The van der Waals surface area contributed by atoms with Crippen LogP contribution in [0.2, 0.25) is 0 Å². The Morgan fingerprint density at radius 2 is 1.72 bits per heavy atom. The average Bonchev–Trinajstić information content (AvgIpc) is 2.78. The fourth-order valence-electron chi connectivity index (χ4n) is 3.27. The second kappa shape index (κ2) is 10.9. The van der Waals surface area contributed by atoms with Gasteiger partial charge in [-0.05, 0) is 29.8 Å². The average molecular weight is 450 g/mol. The number of carbonyl (C=O) groups excluding carboxylic acids is 2. The molecule has 10 heteroatoms. The molecule has 0 unspecified atom stereocenters. The number of morpholine rings is 1. The normalized spacial score (nSPS) is 14.0. The Balaban J connectivity index is 1.50. The summed E-state index contributed by atoms with van der Waals surface area (Å²) in [6, 6.07) is 12.4. The minimum Gasteiger partial charge on any atom is -0.378 e. The molecule has 0 aromatic heterocycles. The van der Waals surface area contributed by atoms with E-state index < -0.39 is 23.7 Å². The van der Waals surface area contributed by atoms with Crippen molar-refractivity contribution in [3.05, 3.63) is 59.7 Å². The van der Waals surface area contributed by atoms with Crippen molar-refractivity contribution in [1.29, 1.82) is 0 Å². The first-order valence-electron chi connectivity index (χ1n) is 10.2. The van der Waals surface area contributed by atoms with E-state index in [1.54, 1.807) is 30.3 Å². The van der Waals surface area contributed by atoms with Crippen molar-refractivity contribution in [2.24, 2.45) is 0 Å². The summed E-state index contributed by atoms with van der Waals surface area (Å²) in [5.74, 6) is -0.463. The van der Waals surface area contributed by atoms with Crippen molar-refractivity contribution in [3.63, 3.8) is 0 Å². The standard InChI is InChI=1S/C22H25F3N4O3/c23-22(24,25)19-14-18(29-10-12-32-13-11-29)7-6-16(19)15-27-20(30)8-9-26-21(31)28-17-4-2-1-3-5-17/h1-7,14H,8-13,15H2,(H,27,30)(H2,26,28,31). The van der Waals surface area contributed by atoms with Gasteiger partial charge >= 0.3 is 12.2 Å². The van der Waals surface area contributed by atoms with Gasteiger partial charge in [0, 0.05) is 44.0 Å². The fraction of sp³-hybridized carbons (Fsp3) is 0.364. The molecule has 32 heavy (non-hydrogen) atoms. The van der Waals surface area contributed by atoms with Crippen LogP contribution in [0.15, 0.2) is 48.5 Å². The van der Waals surface area contributed by atoms with E-state index in [9.17, 15) is 22.8 Å². The van der Waals surface area contributed by atoms with E-state index in [0.717, 1.165) is 6.07 Å². The Kier molecular flexibility index (Phi) is 7.93. The lowest BCUT2D eigenvalue weighted by Crippen LogP contribution is -2.36. The van der Waals surface area contributed by atoms with Gasteiger partial charge in [-0.2, -0.15) is 13.2 Å². The number of para-hydroxylation sites is 1. The van der Waals surface area contributed by atoms with Crippen LogP contribution in [0, 0.1) is 0 Å². The molecule has 1 saturated heterocycles. The molecule has 1 aliphatic rings. The third kappa shape index (κ3) is 6.88. The van der Waals surface area contributed by atoms with E-state index in [2.05, 4.69) is 16.0 Å². The maximum Gasteiger partial charge on any atom is 0.416 e. The number of hydrogen-bond donors (Lipinski definition) is 3. The van der Waals surface area contributed by atoms with Crippen molar-refractivity contribution in [2.75, 3.05) is 43.1 Å². The molecule has 3 rings (SSSR count). The van der Waals surface area contributed by atoms with Gasteiger partial charge in [0.25, 0.3) is 0 Å². The molecule has 1 fully saturated rings. The van der Waals surface area contributed by atoms with Crippen LogP contribution in [0.3, 0.4) is 0 Å². The maximum atomic E-state index is 13.6. The van der Waals surface area contributed by atoms with Gasteiger partial charge in [0.2, 0.25) is 5.91 Å². The van der Waals surface area contributed by atoms with Crippen LogP contribution in [-0.2, 0) is 22.3 Å². The van der Waals surface area contributed by atoms with E-state index in [4.69, 9.17) is 4.74 Å². The van der Waals surface area contributed by atoms with Crippen LogP contribution in [0.25, 0.3) is 0 Å². The predicted molar refractivity (Wildman–Crippen MR) is 114 cm³/mol. The summed E-state index contributed by atoms with van der Waals surface area (Å²) in [4.78, 5) is 25.7. The van der Waals surface area contributed by atoms with Gasteiger partial charge in [-0.25, -0.2) is 4.79 Å². The summed E-state index contributed by atoms with van der Waals surface area (Å²) >= 11 is 0. The Morgan fingerprint density at radius 3 is 2.41 bits per heavy atom. The van der Waals surface area contributed by atoms with E-state index in [0.29, 0.717) is 37.7 Å². The number of rotatable bonds is 7. The molecule has 2 aromatic carbocycles.